The van der Waals surface area contributed by atoms with Crippen LogP contribution in [0.4, 0.5) is 0 Å². The summed E-state index contributed by atoms with van der Waals surface area (Å²) >= 11 is 0. The minimum absolute atomic E-state index is 0.195. The molecule has 0 aliphatic carbocycles. The van der Waals surface area contributed by atoms with Crippen molar-refractivity contribution in [2.45, 2.75) is 141 Å². The van der Waals surface area contributed by atoms with Crippen LogP contribution in [0.3, 0.4) is 0 Å². The summed E-state index contributed by atoms with van der Waals surface area (Å²) in [6.07, 6.45) is 17.5. The average molecular weight is 477 g/mol. The Morgan fingerprint density at radius 2 is 1.56 bits per heavy atom. The zero-order valence-corrected chi connectivity index (χ0v) is 22.0. The van der Waals surface area contributed by atoms with Gasteiger partial charge in [-0.15, -0.1) is 0 Å². The molecule has 5 nitrogen and oxygen atoms in total. The third-order valence-corrected chi connectivity index (χ3v) is 5.92. The van der Waals surface area contributed by atoms with Crippen molar-refractivity contribution in [3.05, 3.63) is 0 Å². The third-order valence-electron chi connectivity index (χ3n) is 5.92. The van der Waals surface area contributed by atoms with Crippen molar-refractivity contribution in [2.24, 2.45) is 0 Å². The maximum Gasteiger partial charge on any atom is 0.306 e. The number of carbonyl (C=O) groups excluding carboxylic acids is 1. The summed E-state index contributed by atoms with van der Waals surface area (Å²) in [5, 5.41) is 9.94. The highest BCUT2D eigenvalue weighted by Crippen LogP contribution is 2.22. The highest BCUT2D eigenvalue weighted by molar-refractivity contribution is 5.69. The van der Waals surface area contributed by atoms with Gasteiger partial charge in [0.2, 0.25) is 0 Å². The molecule has 0 radical (unpaired) electrons. The predicted octanol–water partition coefficient (Wildman–Crippen LogP) is 6.31. The van der Waals surface area contributed by atoms with Gasteiger partial charge in [-0.2, -0.15) is 0 Å². The van der Waals surface area contributed by atoms with Crippen LogP contribution in [0.2, 0.25) is 0 Å². The molecule has 5 heteroatoms. The summed E-state index contributed by atoms with van der Waals surface area (Å²) in [7, 11) is 0. The summed E-state index contributed by atoms with van der Waals surface area (Å²) in [6, 6.07) is 0. The normalized spacial score (nSPS) is 17.4. The Kier molecular flexibility index (Phi) is 17.7. The van der Waals surface area contributed by atoms with Gasteiger partial charge in [0.05, 0.1) is 13.0 Å². The van der Waals surface area contributed by atoms with Crippen LogP contribution in [0.25, 0.3) is 0 Å². The Bertz CT molecular complexity index is 649. The Balaban J connectivity index is 1.92. The molecule has 194 valence electrons. The topological polar surface area (TPSA) is 65.0 Å². The number of rotatable bonds is 18. The molecule has 0 aromatic carbocycles. The van der Waals surface area contributed by atoms with Crippen molar-refractivity contribution in [3.63, 3.8) is 0 Å². The van der Waals surface area contributed by atoms with E-state index in [1.807, 2.05) is 13.8 Å². The van der Waals surface area contributed by atoms with E-state index >= 15 is 0 Å². The second-order valence-corrected chi connectivity index (χ2v) is 9.75. The molecule has 34 heavy (non-hydrogen) atoms. The summed E-state index contributed by atoms with van der Waals surface area (Å²) in [5.41, 5.74) is 0. The largest absolute Gasteiger partial charge is 0.463 e. The smallest absolute Gasteiger partial charge is 0.306 e. The van der Waals surface area contributed by atoms with Gasteiger partial charge in [-0.05, 0) is 38.5 Å². The van der Waals surface area contributed by atoms with E-state index in [4.69, 9.17) is 14.2 Å². The molecular formula is C29H48O5. The number of carbonyl (C=O) groups is 1. The first-order valence-corrected chi connectivity index (χ1v) is 13.6. The molecule has 0 amide bonds. The summed E-state index contributed by atoms with van der Waals surface area (Å²) in [4.78, 5) is 11.7. The fraction of sp³-hybridized carbons (Fsp3) is 0.828. The van der Waals surface area contributed by atoms with Crippen LogP contribution >= 0.6 is 0 Å². The Morgan fingerprint density at radius 1 is 0.971 bits per heavy atom. The number of aliphatic hydroxyl groups excluding tert-OH is 1. The van der Waals surface area contributed by atoms with Gasteiger partial charge in [-0.1, -0.05) is 95.8 Å². The molecule has 1 rings (SSSR count). The first-order valence-electron chi connectivity index (χ1n) is 13.6. The van der Waals surface area contributed by atoms with Crippen molar-refractivity contribution < 1.29 is 24.1 Å². The quantitative estimate of drug-likeness (QED) is 0.143. The predicted molar refractivity (Wildman–Crippen MR) is 137 cm³/mol. The second kappa shape index (κ2) is 19.7. The van der Waals surface area contributed by atoms with E-state index in [1.54, 1.807) is 0 Å². The Morgan fingerprint density at radius 3 is 2.12 bits per heavy atom. The van der Waals surface area contributed by atoms with E-state index in [-0.39, 0.29) is 25.1 Å². The first-order chi connectivity index (χ1) is 16.4. The number of ether oxygens (including phenoxy) is 3. The van der Waals surface area contributed by atoms with E-state index in [9.17, 15) is 9.90 Å². The Labute approximate surface area is 208 Å². The molecule has 1 aliphatic rings. The molecule has 0 aromatic heterocycles. The highest BCUT2D eigenvalue weighted by Gasteiger charge is 2.33. The lowest BCUT2D eigenvalue weighted by atomic mass is 10.0. The minimum atomic E-state index is -0.621. The SMILES string of the molecule is CCCCCCCCCCCCCCCC(O)C#CC#CCCC(=O)OC[C@@H]1COC(C)(C)O1. The van der Waals surface area contributed by atoms with E-state index in [1.165, 1.54) is 70.6 Å². The number of hydrogen-bond acceptors (Lipinski definition) is 5. The zero-order valence-electron chi connectivity index (χ0n) is 22.0. The van der Waals surface area contributed by atoms with Crippen LogP contribution in [-0.2, 0) is 19.0 Å². The third kappa shape index (κ3) is 17.9. The lowest BCUT2D eigenvalue weighted by molar-refractivity contribution is -0.158. The lowest BCUT2D eigenvalue weighted by Gasteiger charge is -2.16. The minimum Gasteiger partial charge on any atom is -0.463 e. The Hall–Kier alpha value is -1.53. The van der Waals surface area contributed by atoms with Gasteiger partial charge < -0.3 is 19.3 Å². The van der Waals surface area contributed by atoms with Crippen LogP contribution in [0.1, 0.15) is 124 Å². The molecule has 1 fully saturated rings. The summed E-state index contributed by atoms with van der Waals surface area (Å²) in [5.74, 6) is 10.1. The van der Waals surface area contributed by atoms with Crippen LogP contribution in [0.15, 0.2) is 0 Å². The first kappa shape index (κ1) is 30.5. The van der Waals surface area contributed by atoms with Crippen molar-refractivity contribution in [3.8, 4) is 23.7 Å². The summed E-state index contributed by atoms with van der Waals surface area (Å²) in [6.45, 7) is 6.56. The number of unbranched alkanes of at least 4 members (excludes halogenated alkanes) is 12. The fourth-order valence-electron chi connectivity index (χ4n) is 3.92. The summed E-state index contributed by atoms with van der Waals surface area (Å²) < 4.78 is 16.2. The molecule has 0 bridgehead atoms. The van der Waals surface area contributed by atoms with Gasteiger partial charge in [0, 0.05) is 6.42 Å². The molecule has 0 spiro atoms. The van der Waals surface area contributed by atoms with Gasteiger partial charge in [0.15, 0.2) is 5.79 Å². The molecule has 1 saturated heterocycles. The van der Waals surface area contributed by atoms with Gasteiger partial charge in [-0.25, -0.2) is 0 Å². The number of esters is 1. The van der Waals surface area contributed by atoms with Crippen LogP contribution in [0, 0.1) is 23.7 Å². The highest BCUT2D eigenvalue weighted by atomic mass is 16.7. The number of aliphatic hydroxyl groups is 1. The van der Waals surface area contributed by atoms with Gasteiger partial charge >= 0.3 is 5.97 Å². The molecule has 0 aromatic rings. The van der Waals surface area contributed by atoms with Crippen LogP contribution in [0.5, 0.6) is 0 Å². The second-order valence-electron chi connectivity index (χ2n) is 9.75. The van der Waals surface area contributed by atoms with E-state index in [0.29, 0.717) is 19.4 Å². The van der Waals surface area contributed by atoms with Crippen molar-refractivity contribution in [2.75, 3.05) is 13.2 Å². The van der Waals surface area contributed by atoms with Gasteiger partial charge in [0.1, 0.15) is 18.8 Å². The lowest BCUT2D eigenvalue weighted by Crippen LogP contribution is -2.25. The van der Waals surface area contributed by atoms with E-state index in [0.717, 1.165) is 12.8 Å². The van der Waals surface area contributed by atoms with Crippen LogP contribution < -0.4 is 0 Å². The standard InChI is InChI=1S/C29H48O5/c1-4-5-6-7-8-9-10-11-12-13-14-15-18-21-26(30)22-19-16-17-20-23-28(31)32-24-27-25-33-29(2,3)34-27/h26-27,30H,4-15,18,20-21,23-25H2,1-3H3/t26?,27-/m1/s1. The van der Waals surface area contributed by atoms with Gasteiger partial charge in [-0.3, -0.25) is 4.79 Å². The molecule has 1 heterocycles. The van der Waals surface area contributed by atoms with E-state index < -0.39 is 11.9 Å². The maximum absolute atomic E-state index is 11.7. The monoisotopic (exact) mass is 476 g/mol. The molecule has 1 N–H and O–H groups in total. The fourth-order valence-corrected chi connectivity index (χ4v) is 3.92. The molecule has 1 aliphatic heterocycles. The van der Waals surface area contributed by atoms with Gasteiger partial charge in [0.25, 0.3) is 0 Å². The number of hydrogen-bond donors (Lipinski definition) is 1. The van der Waals surface area contributed by atoms with E-state index in [2.05, 4.69) is 30.6 Å². The van der Waals surface area contributed by atoms with Crippen LogP contribution in [-0.4, -0.2) is 42.3 Å². The molecular weight excluding hydrogens is 428 g/mol. The zero-order chi connectivity index (χ0) is 24.9. The maximum atomic E-state index is 11.7. The average Bonchev–Trinajstić information content (AvgIpc) is 3.16. The van der Waals surface area contributed by atoms with Crippen molar-refractivity contribution in [1.82, 2.24) is 0 Å². The molecule has 1 unspecified atom stereocenters. The molecule has 0 saturated carbocycles. The molecule has 2 atom stereocenters. The van der Waals surface area contributed by atoms with Crippen molar-refractivity contribution >= 4 is 5.97 Å². The van der Waals surface area contributed by atoms with Crippen molar-refractivity contribution in [1.29, 1.82) is 0 Å².